The van der Waals surface area contributed by atoms with Crippen molar-refractivity contribution in [3.63, 3.8) is 0 Å². The molecule has 1 fully saturated rings. The summed E-state index contributed by atoms with van der Waals surface area (Å²) in [5, 5.41) is 6.11. The molecular weight excluding hydrogens is 528 g/mol. The number of pyridine rings is 2. The van der Waals surface area contributed by atoms with Crippen molar-refractivity contribution in [3.05, 3.63) is 125 Å². The van der Waals surface area contributed by atoms with Crippen LogP contribution in [0.1, 0.15) is 43.9 Å². The standard InChI is InChI=1S/C38H42N4O/c1-27(2)40-34(23-28-9-5-4-6-10-28)26-42-21-17-31(18-22-42)36-25-35(30-15-19-39-20-16-30)37(38(43)41(36)3)33-14-13-29-11-7-8-12-32(29)24-33/h4-16,19-20,24-25,27,31,34,40H,17-18,21-23,26H2,1-3H3. The molecule has 0 radical (unpaired) electrons. The Hall–Kier alpha value is -4.06. The lowest BCUT2D eigenvalue weighted by Gasteiger charge is -2.36. The first-order chi connectivity index (χ1) is 21.0. The summed E-state index contributed by atoms with van der Waals surface area (Å²) in [7, 11) is 1.95. The van der Waals surface area contributed by atoms with E-state index in [4.69, 9.17) is 0 Å². The van der Waals surface area contributed by atoms with E-state index in [1.807, 2.05) is 48.3 Å². The number of piperidine rings is 1. The average molecular weight is 571 g/mol. The minimum atomic E-state index is 0.0612. The lowest BCUT2D eigenvalue weighted by molar-refractivity contribution is 0.185. The van der Waals surface area contributed by atoms with Crippen molar-refractivity contribution in [3.8, 4) is 22.3 Å². The first kappa shape index (κ1) is 29.0. The van der Waals surface area contributed by atoms with E-state index in [1.165, 1.54) is 10.9 Å². The topological polar surface area (TPSA) is 50.2 Å². The lowest BCUT2D eigenvalue weighted by Crippen LogP contribution is -2.47. The molecule has 1 unspecified atom stereocenters. The third kappa shape index (κ3) is 6.64. The van der Waals surface area contributed by atoms with Crippen molar-refractivity contribution in [2.45, 2.75) is 51.1 Å². The number of hydrogen-bond acceptors (Lipinski definition) is 4. The fourth-order valence-electron chi connectivity index (χ4n) is 6.76. The van der Waals surface area contributed by atoms with Crippen LogP contribution in [0.25, 0.3) is 33.0 Å². The molecule has 2 aromatic heterocycles. The minimum absolute atomic E-state index is 0.0612. The number of rotatable bonds is 9. The zero-order valence-electron chi connectivity index (χ0n) is 25.5. The van der Waals surface area contributed by atoms with Crippen molar-refractivity contribution in [1.82, 2.24) is 19.8 Å². The Kier molecular flexibility index (Phi) is 8.82. The maximum absolute atomic E-state index is 14.2. The van der Waals surface area contributed by atoms with Gasteiger partial charge in [-0.3, -0.25) is 9.78 Å². The zero-order valence-corrected chi connectivity index (χ0v) is 25.5. The second-order valence-corrected chi connectivity index (χ2v) is 12.3. The molecule has 3 heterocycles. The fourth-order valence-corrected chi connectivity index (χ4v) is 6.76. The number of nitrogens with one attached hydrogen (secondary N) is 1. The largest absolute Gasteiger partial charge is 0.315 e. The molecule has 0 amide bonds. The first-order valence-corrected chi connectivity index (χ1v) is 15.6. The van der Waals surface area contributed by atoms with Gasteiger partial charge in [-0.2, -0.15) is 0 Å². The van der Waals surface area contributed by atoms with E-state index < -0.39 is 0 Å². The molecule has 220 valence electrons. The molecule has 0 aliphatic carbocycles. The highest BCUT2D eigenvalue weighted by molar-refractivity contribution is 5.91. The summed E-state index contributed by atoms with van der Waals surface area (Å²) < 4.78 is 1.91. The Bertz CT molecular complexity index is 1720. The zero-order chi connectivity index (χ0) is 29.8. The molecule has 5 aromatic rings. The van der Waals surface area contributed by atoms with E-state index in [-0.39, 0.29) is 5.56 Å². The molecule has 0 spiro atoms. The molecule has 1 N–H and O–H groups in total. The van der Waals surface area contributed by atoms with Crippen LogP contribution >= 0.6 is 0 Å². The number of fused-ring (bicyclic) bond motifs is 1. The van der Waals surface area contributed by atoms with Gasteiger partial charge in [0.05, 0.1) is 5.56 Å². The second-order valence-electron chi connectivity index (χ2n) is 12.3. The highest BCUT2D eigenvalue weighted by atomic mass is 16.1. The summed E-state index contributed by atoms with van der Waals surface area (Å²) in [6, 6.07) is 32.6. The van der Waals surface area contributed by atoms with Crippen molar-refractivity contribution in [2.24, 2.45) is 7.05 Å². The molecule has 3 aromatic carbocycles. The van der Waals surface area contributed by atoms with Crippen LogP contribution in [0.3, 0.4) is 0 Å². The number of benzene rings is 3. The van der Waals surface area contributed by atoms with Gasteiger partial charge in [0.1, 0.15) is 0 Å². The van der Waals surface area contributed by atoms with Crippen LogP contribution < -0.4 is 10.9 Å². The van der Waals surface area contributed by atoms with E-state index in [1.54, 1.807) is 0 Å². The highest BCUT2D eigenvalue weighted by Crippen LogP contribution is 2.35. The van der Waals surface area contributed by atoms with Gasteiger partial charge in [-0.25, -0.2) is 0 Å². The van der Waals surface area contributed by atoms with Gasteiger partial charge in [0.15, 0.2) is 0 Å². The van der Waals surface area contributed by atoms with Gasteiger partial charge in [-0.15, -0.1) is 0 Å². The Morgan fingerprint density at radius 1 is 0.837 bits per heavy atom. The summed E-state index contributed by atoms with van der Waals surface area (Å²) in [6.45, 7) is 7.54. The monoisotopic (exact) mass is 570 g/mol. The summed E-state index contributed by atoms with van der Waals surface area (Å²) in [5.41, 5.74) is 6.29. The van der Waals surface area contributed by atoms with Crippen LogP contribution in [0, 0.1) is 0 Å². The van der Waals surface area contributed by atoms with Gasteiger partial charge in [0, 0.05) is 49.7 Å². The van der Waals surface area contributed by atoms with Gasteiger partial charge < -0.3 is 14.8 Å². The third-order valence-electron chi connectivity index (χ3n) is 8.88. The molecule has 43 heavy (non-hydrogen) atoms. The minimum Gasteiger partial charge on any atom is -0.315 e. The Labute approximate surface area is 255 Å². The van der Waals surface area contributed by atoms with Crippen LogP contribution in [0.5, 0.6) is 0 Å². The molecular formula is C38H42N4O. The van der Waals surface area contributed by atoms with E-state index in [0.717, 1.165) is 72.2 Å². The predicted octanol–water partition coefficient (Wildman–Crippen LogP) is 7.06. The highest BCUT2D eigenvalue weighted by Gasteiger charge is 2.27. The normalized spacial score (nSPS) is 15.3. The van der Waals surface area contributed by atoms with Crippen molar-refractivity contribution in [2.75, 3.05) is 19.6 Å². The number of hydrogen-bond donors (Lipinski definition) is 1. The van der Waals surface area contributed by atoms with Crippen molar-refractivity contribution < 1.29 is 0 Å². The fraction of sp³-hybridized carbons (Fsp3) is 0.316. The van der Waals surface area contributed by atoms with E-state index in [0.29, 0.717) is 18.0 Å². The second kappa shape index (κ2) is 13.1. The molecule has 6 rings (SSSR count). The Balaban J connectivity index is 1.27. The summed E-state index contributed by atoms with van der Waals surface area (Å²) in [4.78, 5) is 21.0. The van der Waals surface area contributed by atoms with E-state index in [9.17, 15) is 4.79 Å². The molecule has 1 aliphatic rings. The smallest absolute Gasteiger partial charge is 0.259 e. The van der Waals surface area contributed by atoms with Crippen molar-refractivity contribution in [1.29, 1.82) is 0 Å². The van der Waals surface area contributed by atoms with Crippen LogP contribution in [0.4, 0.5) is 0 Å². The molecule has 1 saturated heterocycles. The maximum atomic E-state index is 14.2. The summed E-state index contributed by atoms with van der Waals surface area (Å²) in [5.74, 6) is 0.339. The molecule has 0 saturated carbocycles. The molecule has 0 bridgehead atoms. The maximum Gasteiger partial charge on any atom is 0.259 e. The van der Waals surface area contributed by atoms with Gasteiger partial charge in [0.2, 0.25) is 0 Å². The average Bonchev–Trinajstić information content (AvgIpc) is 3.03. The molecule has 5 heteroatoms. The van der Waals surface area contributed by atoms with Gasteiger partial charge >= 0.3 is 0 Å². The van der Waals surface area contributed by atoms with E-state index in [2.05, 4.69) is 95.8 Å². The van der Waals surface area contributed by atoms with Gasteiger partial charge in [-0.05, 0) is 89.6 Å². The third-order valence-corrected chi connectivity index (χ3v) is 8.88. The number of likely N-dealkylation sites (tertiary alicyclic amines) is 1. The Morgan fingerprint density at radius 3 is 2.26 bits per heavy atom. The quantitative estimate of drug-likeness (QED) is 0.206. The molecule has 1 atom stereocenters. The first-order valence-electron chi connectivity index (χ1n) is 15.6. The SMILES string of the molecule is CC(C)NC(Cc1ccccc1)CN1CCC(c2cc(-c3ccncc3)c(-c3ccc4ccccc4c3)c(=O)n2C)CC1. The number of aromatic nitrogens is 2. The van der Waals surface area contributed by atoms with E-state index >= 15 is 0 Å². The Morgan fingerprint density at radius 2 is 1.53 bits per heavy atom. The summed E-state index contributed by atoms with van der Waals surface area (Å²) >= 11 is 0. The van der Waals surface area contributed by atoms with Gasteiger partial charge in [-0.1, -0.05) is 80.6 Å². The van der Waals surface area contributed by atoms with Crippen LogP contribution in [-0.4, -0.2) is 46.2 Å². The van der Waals surface area contributed by atoms with Crippen molar-refractivity contribution >= 4 is 10.8 Å². The number of nitrogens with zero attached hydrogens (tertiary/aromatic N) is 3. The van der Waals surface area contributed by atoms with Crippen LogP contribution in [0.2, 0.25) is 0 Å². The van der Waals surface area contributed by atoms with Crippen LogP contribution in [0.15, 0.2) is 108 Å². The van der Waals surface area contributed by atoms with Crippen LogP contribution in [-0.2, 0) is 13.5 Å². The predicted molar refractivity (Wildman–Crippen MR) is 178 cm³/mol. The molecule has 1 aliphatic heterocycles. The molecule has 5 nitrogen and oxygen atoms in total. The lowest BCUT2D eigenvalue weighted by atomic mass is 9.88. The van der Waals surface area contributed by atoms with Gasteiger partial charge in [0.25, 0.3) is 5.56 Å². The summed E-state index contributed by atoms with van der Waals surface area (Å²) in [6.07, 6.45) is 6.73.